The van der Waals surface area contributed by atoms with Crippen molar-refractivity contribution >= 4 is 35.1 Å². The molecule has 2 amide bonds. The van der Waals surface area contributed by atoms with Gasteiger partial charge in [0.05, 0.1) is 23.1 Å². The average molecular weight is 315 g/mol. The number of rotatable bonds is 5. The van der Waals surface area contributed by atoms with E-state index >= 15 is 0 Å². The van der Waals surface area contributed by atoms with Crippen molar-refractivity contribution in [3.8, 4) is 0 Å². The lowest BCUT2D eigenvalue weighted by molar-refractivity contribution is -0.141. The summed E-state index contributed by atoms with van der Waals surface area (Å²) in [4.78, 5) is 29.1. The molecule has 1 aliphatic heterocycles. The molecule has 20 heavy (non-hydrogen) atoms. The van der Waals surface area contributed by atoms with Gasteiger partial charge in [-0.25, -0.2) is 14.6 Å². The van der Waals surface area contributed by atoms with E-state index in [9.17, 15) is 14.7 Å². The lowest BCUT2D eigenvalue weighted by Crippen LogP contribution is -2.50. The summed E-state index contributed by atoms with van der Waals surface area (Å²) in [6, 6.07) is -1.07. The molecule has 0 bridgehead atoms. The molecule has 1 fully saturated rings. The molecule has 110 valence electrons. The summed E-state index contributed by atoms with van der Waals surface area (Å²) in [6.45, 7) is 2.36. The Hall–Kier alpha value is -1.28. The van der Waals surface area contributed by atoms with Crippen molar-refractivity contribution in [3.63, 3.8) is 0 Å². The number of carbonyl (C=O) groups excluding carboxylic acids is 1. The van der Waals surface area contributed by atoms with E-state index in [4.69, 9.17) is 0 Å². The van der Waals surface area contributed by atoms with Crippen molar-refractivity contribution in [2.45, 2.75) is 37.7 Å². The van der Waals surface area contributed by atoms with Gasteiger partial charge < -0.3 is 10.4 Å². The highest BCUT2D eigenvalue weighted by molar-refractivity contribution is 8.00. The monoisotopic (exact) mass is 315 g/mol. The first-order chi connectivity index (χ1) is 9.63. The number of hydrogen-bond donors (Lipinski definition) is 2. The van der Waals surface area contributed by atoms with Crippen LogP contribution in [-0.4, -0.2) is 44.2 Å². The smallest absolute Gasteiger partial charge is 0.327 e. The molecule has 2 atom stereocenters. The SMILES string of the molecule is CCCC1SCC(C(=O)O)N1C(=O)NCc1cscn1. The van der Waals surface area contributed by atoms with Gasteiger partial charge in [0, 0.05) is 11.1 Å². The first kappa shape index (κ1) is 15.1. The number of aromatic nitrogens is 1. The number of aliphatic carboxylic acids is 1. The zero-order valence-corrected chi connectivity index (χ0v) is 12.7. The first-order valence-corrected chi connectivity index (χ1v) is 8.40. The highest BCUT2D eigenvalue weighted by Crippen LogP contribution is 2.32. The molecule has 2 heterocycles. The van der Waals surface area contributed by atoms with Gasteiger partial charge >= 0.3 is 12.0 Å². The van der Waals surface area contributed by atoms with Gasteiger partial charge in [0.25, 0.3) is 0 Å². The maximum absolute atomic E-state index is 12.3. The number of thiazole rings is 1. The zero-order valence-electron chi connectivity index (χ0n) is 11.1. The third-order valence-electron chi connectivity index (χ3n) is 3.05. The van der Waals surface area contributed by atoms with E-state index in [1.54, 1.807) is 5.51 Å². The van der Waals surface area contributed by atoms with Crippen LogP contribution in [0.1, 0.15) is 25.5 Å². The minimum absolute atomic E-state index is 0.0588. The van der Waals surface area contributed by atoms with Crippen molar-refractivity contribution in [2.75, 3.05) is 5.75 Å². The van der Waals surface area contributed by atoms with E-state index in [0.717, 1.165) is 18.5 Å². The number of urea groups is 1. The summed E-state index contributed by atoms with van der Waals surface area (Å²) < 4.78 is 0. The van der Waals surface area contributed by atoms with Crippen molar-refractivity contribution in [2.24, 2.45) is 0 Å². The Morgan fingerprint density at radius 1 is 1.60 bits per heavy atom. The highest BCUT2D eigenvalue weighted by atomic mass is 32.2. The summed E-state index contributed by atoms with van der Waals surface area (Å²) in [5.41, 5.74) is 2.49. The molecule has 0 spiro atoms. The summed E-state index contributed by atoms with van der Waals surface area (Å²) >= 11 is 3.00. The van der Waals surface area contributed by atoms with Crippen molar-refractivity contribution in [1.82, 2.24) is 15.2 Å². The van der Waals surface area contributed by atoms with E-state index in [1.165, 1.54) is 28.0 Å². The number of carboxylic acids is 1. The predicted octanol–water partition coefficient (Wildman–Crippen LogP) is 1.98. The van der Waals surface area contributed by atoms with Crippen LogP contribution in [0.5, 0.6) is 0 Å². The van der Waals surface area contributed by atoms with Gasteiger partial charge in [-0.15, -0.1) is 23.1 Å². The number of nitrogens with one attached hydrogen (secondary N) is 1. The Morgan fingerprint density at radius 3 is 3.00 bits per heavy atom. The van der Waals surface area contributed by atoms with Crippen LogP contribution >= 0.6 is 23.1 Å². The molecule has 2 N–H and O–H groups in total. The van der Waals surface area contributed by atoms with E-state index in [-0.39, 0.29) is 11.4 Å². The second-order valence-corrected chi connectivity index (χ2v) is 6.41. The number of nitrogens with zero attached hydrogens (tertiary/aromatic N) is 2. The van der Waals surface area contributed by atoms with E-state index < -0.39 is 12.0 Å². The van der Waals surface area contributed by atoms with E-state index in [1.807, 2.05) is 12.3 Å². The topological polar surface area (TPSA) is 82.5 Å². The lowest BCUT2D eigenvalue weighted by atomic mass is 10.2. The molecule has 6 nitrogen and oxygen atoms in total. The predicted molar refractivity (Wildman–Crippen MR) is 78.8 cm³/mol. The van der Waals surface area contributed by atoms with Crippen molar-refractivity contribution in [1.29, 1.82) is 0 Å². The van der Waals surface area contributed by atoms with E-state index in [0.29, 0.717) is 12.3 Å². The summed E-state index contributed by atoms with van der Waals surface area (Å²) in [7, 11) is 0. The van der Waals surface area contributed by atoms with Crippen LogP contribution in [0.4, 0.5) is 4.79 Å². The second kappa shape index (κ2) is 6.94. The van der Waals surface area contributed by atoms with Gasteiger partial charge in [0.15, 0.2) is 0 Å². The average Bonchev–Trinajstić information content (AvgIpc) is 3.05. The lowest BCUT2D eigenvalue weighted by Gasteiger charge is -2.27. The fourth-order valence-electron chi connectivity index (χ4n) is 2.08. The number of amides is 2. The van der Waals surface area contributed by atoms with Crippen LogP contribution in [0, 0.1) is 0 Å². The van der Waals surface area contributed by atoms with Gasteiger partial charge in [-0.1, -0.05) is 13.3 Å². The number of hydrogen-bond acceptors (Lipinski definition) is 5. The van der Waals surface area contributed by atoms with Crippen LogP contribution in [0.3, 0.4) is 0 Å². The molecular weight excluding hydrogens is 298 g/mol. The maximum Gasteiger partial charge on any atom is 0.327 e. The molecule has 1 aliphatic rings. The molecule has 1 saturated heterocycles. The quantitative estimate of drug-likeness (QED) is 0.868. The molecule has 8 heteroatoms. The fraction of sp³-hybridized carbons (Fsp3) is 0.583. The largest absolute Gasteiger partial charge is 0.480 e. The van der Waals surface area contributed by atoms with Crippen molar-refractivity contribution < 1.29 is 14.7 Å². The first-order valence-electron chi connectivity index (χ1n) is 6.41. The highest BCUT2D eigenvalue weighted by Gasteiger charge is 2.41. The molecule has 0 aliphatic carbocycles. The Morgan fingerprint density at radius 2 is 2.40 bits per heavy atom. The molecular formula is C12H17N3O3S2. The molecule has 2 unspecified atom stereocenters. The van der Waals surface area contributed by atoms with Gasteiger partial charge in [-0.3, -0.25) is 4.90 Å². The van der Waals surface area contributed by atoms with Crippen LogP contribution in [-0.2, 0) is 11.3 Å². The summed E-state index contributed by atoms with van der Waals surface area (Å²) in [5.74, 6) is -0.496. The summed E-state index contributed by atoms with van der Waals surface area (Å²) in [6.07, 6.45) is 1.72. The minimum Gasteiger partial charge on any atom is -0.480 e. The minimum atomic E-state index is -0.945. The van der Waals surface area contributed by atoms with Crippen molar-refractivity contribution in [3.05, 3.63) is 16.6 Å². The third-order valence-corrected chi connectivity index (χ3v) is 5.04. The molecule has 2 rings (SSSR count). The van der Waals surface area contributed by atoms with Crippen LogP contribution < -0.4 is 5.32 Å². The number of carbonyl (C=O) groups is 2. The Bertz CT molecular complexity index is 467. The molecule has 0 radical (unpaired) electrons. The van der Waals surface area contributed by atoms with Gasteiger partial charge in [0.1, 0.15) is 6.04 Å². The van der Waals surface area contributed by atoms with Gasteiger partial charge in [-0.2, -0.15) is 0 Å². The molecule has 1 aromatic heterocycles. The van der Waals surface area contributed by atoms with Crippen LogP contribution in [0.15, 0.2) is 10.9 Å². The Kier molecular flexibility index (Phi) is 5.24. The number of thioether (sulfide) groups is 1. The summed E-state index contributed by atoms with van der Waals surface area (Å²) in [5, 5.41) is 13.8. The Balaban J connectivity index is 2.00. The standard InChI is InChI=1S/C12H17N3O3S2/c1-2-3-10-15(9(6-20-10)11(16)17)12(18)13-4-8-5-19-7-14-8/h5,7,9-10H,2-4,6H2,1H3,(H,13,18)(H,16,17). The second-order valence-electron chi connectivity index (χ2n) is 4.48. The van der Waals surface area contributed by atoms with Gasteiger partial charge in [0.2, 0.25) is 0 Å². The van der Waals surface area contributed by atoms with Crippen LogP contribution in [0.25, 0.3) is 0 Å². The fourth-order valence-corrected chi connectivity index (χ4v) is 4.15. The number of carboxylic acid groups (broad SMARTS) is 1. The van der Waals surface area contributed by atoms with E-state index in [2.05, 4.69) is 10.3 Å². The molecule has 0 aromatic carbocycles. The van der Waals surface area contributed by atoms with Crippen LogP contribution in [0.2, 0.25) is 0 Å². The van der Waals surface area contributed by atoms with Gasteiger partial charge in [-0.05, 0) is 6.42 Å². The normalized spacial score (nSPS) is 21.9. The zero-order chi connectivity index (χ0) is 14.5. The maximum atomic E-state index is 12.3. The molecule has 1 aromatic rings. The Labute approximate surface area is 125 Å². The molecule has 0 saturated carbocycles. The third kappa shape index (κ3) is 3.43.